The number of aromatic nitrogens is 1. The molecule has 0 aliphatic heterocycles. The summed E-state index contributed by atoms with van der Waals surface area (Å²) >= 11 is 0. The van der Waals surface area contributed by atoms with Crippen LogP contribution >= 0.6 is 0 Å². The molecule has 0 spiro atoms. The number of nitrogens with one attached hydrogen (secondary N) is 2. The molecule has 2 rings (SSSR count). The number of hydrogen-bond donors (Lipinski definition) is 2. The zero-order valence-electron chi connectivity index (χ0n) is 13.9. The summed E-state index contributed by atoms with van der Waals surface area (Å²) in [7, 11) is 1.49. The van der Waals surface area contributed by atoms with Crippen LogP contribution in [0.4, 0.5) is 11.4 Å². The lowest BCUT2D eigenvalue weighted by molar-refractivity contribution is -0.384. The van der Waals surface area contributed by atoms with Gasteiger partial charge in [-0.1, -0.05) is 5.16 Å². The number of carbonyl (C=O) groups excluding carboxylic acids is 1. The average Bonchev–Trinajstić information content (AvgIpc) is 2.89. The largest absolute Gasteiger partial charge is 0.384 e. The van der Waals surface area contributed by atoms with Gasteiger partial charge in [0.05, 0.1) is 16.2 Å². The first kappa shape index (κ1) is 17.5. The van der Waals surface area contributed by atoms with E-state index in [-0.39, 0.29) is 17.2 Å². The summed E-state index contributed by atoms with van der Waals surface area (Å²) in [6.07, 6.45) is 1.61. The van der Waals surface area contributed by atoms with Gasteiger partial charge in [0.15, 0.2) is 0 Å². The van der Waals surface area contributed by atoms with Crippen LogP contribution in [0.1, 0.15) is 33.8 Å². The van der Waals surface area contributed by atoms with Crippen LogP contribution in [-0.2, 0) is 6.42 Å². The number of amides is 1. The Labute approximate surface area is 139 Å². The van der Waals surface area contributed by atoms with Gasteiger partial charge in [0.2, 0.25) is 0 Å². The fourth-order valence-corrected chi connectivity index (χ4v) is 2.47. The molecule has 0 bridgehead atoms. The SMILES string of the molecule is CNC(=O)c1cc([N+](=O)[O-])ccc1NCCCc1c(C)noc1C. The van der Waals surface area contributed by atoms with Crippen LogP contribution in [0.5, 0.6) is 0 Å². The third-order valence-electron chi connectivity index (χ3n) is 3.79. The minimum Gasteiger partial charge on any atom is -0.384 e. The molecule has 0 aliphatic carbocycles. The highest BCUT2D eigenvalue weighted by atomic mass is 16.6. The molecule has 0 atom stereocenters. The average molecular weight is 332 g/mol. The maximum Gasteiger partial charge on any atom is 0.270 e. The first-order valence-electron chi connectivity index (χ1n) is 7.60. The van der Waals surface area contributed by atoms with Gasteiger partial charge in [-0.3, -0.25) is 14.9 Å². The number of non-ortho nitro benzene ring substituents is 1. The highest BCUT2D eigenvalue weighted by molar-refractivity contribution is 6.00. The van der Waals surface area contributed by atoms with Crippen LogP contribution in [0.2, 0.25) is 0 Å². The minimum atomic E-state index is -0.520. The summed E-state index contributed by atoms with van der Waals surface area (Å²) in [6.45, 7) is 4.40. The van der Waals surface area contributed by atoms with Gasteiger partial charge in [0, 0.05) is 37.0 Å². The molecule has 1 amide bonds. The molecule has 0 saturated carbocycles. The standard InChI is InChI=1S/C16H20N4O4/c1-10-13(11(2)24-19-10)5-4-8-18-15-7-6-12(20(22)23)9-14(15)16(21)17-3/h6-7,9,18H,4-5,8H2,1-3H3,(H,17,21). The van der Waals surface area contributed by atoms with E-state index in [0.717, 1.165) is 29.9 Å². The molecule has 2 aromatic rings. The van der Waals surface area contributed by atoms with Crippen molar-refractivity contribution in [1.29, 1.82) is 0 Å². The molecular weight excluding hydrogens is 312 g/mol. The topological polar surface area (TPSA) is 110 Å². The summed E-state index contributed by atoms with van der Waals surface area (Å²) < 4.78 is 5.12. The number of aryl methyl sites for hydroxylation is 2. The normalized spacial score (nSPS) is 10.5. The van der Waals surface area contributed by atoms with Gasteiger partial charge in [0.25, 0.3) is 11.6 Å². The van der Waals surface area contributed by atoms with Gasteiger partial charge in [-0.2, -0.15) is 0 Å². The van der Waals surface area contributed by atoms with E-state index in [2.05, 4.69) is 15.8 Å². The molecule has 1 aromatic heterocycles. The molecular formula is C16H20N4O4. The second-order valence-electron chi connectivity index (χ2n) is 5.40. The summed E-state index contributed by atoms with van der Waals surface area (Å²) in [5.41, 5.74) is 2.68. The number of rotatable bonds is 7. The predicted octanol–water partition coefficient (Wildman–Crippen LogP) is 2.60. The number of nitro benzene ring substituents is 1. The lowest BCUT2D eigenvalue weighted by Gasteiger charge is -2.11. The summed E-state index contributed by atoms with van der Waals surface area (Å²) in [4.78, 5) is 22.3. The lowest BCUT2D eigenvalue weighted by Crippen LogP contribution is -2.20. The Bertz CT molecular complexity index is 735. The highest BCUT2D eigenvalue weighted by Crippen LogP contribution is 2.22. The van der Waals surface area contributed by atoms with Crippen molar-refractivity contribution in [1.82, 2.24) is 10.5 Å². The number of hydrogen-bond acceptors (Lipinski definition) is 6. The molecule has 1 aromatic carbocycles. The molecule has 0 unspecified atom stereocenters. The Morgan fingerprint density at radius 3 is 2.71 bits per heavy atom. The first-order valence-corrected chi connectivity index (χ1v) is 7.60. The lowest BCUT2D eigenvalue weighted by atomic mass is 10.1. The quantitative estimate of drug-likeness (QED) is 0.458. The minimum absolute atomic E-state index is 0.116. The van der Waals surface area contributed by atoms with Crippen LogP contribution in [0.15, 0.2) is 22.7 Å². The van der Waals surface area contributed by atoms with Gasteiger partial charge in [-0.15, -0.1) is 0 Å². The molecule has 0 radical (unpaired) electrons. The van der Waals surface area contributed by atoms with E-state index in [4.69, 9.17) is 4.52 Å². The molecule has 8 heteroatoms. The summed E-state index contributed by atoms with van der Waals surface area (Å²) in [5, 5.41) is 20.4. The molecule has 8 nitrogen and oxygen atoms in total. The van der Waals surface area contributed by atoms with Crippen molar-refractivity contribution in [3.8, 4) is 0 Å². The third-order valence-corrected chi connectivity index (χ3v) is 3.79. The fraction of sp³-hybridized carbons (Fsp3) is 0.375. The van der Waals surface area contributed by atoms with E-state index in [1.807, 2.05) is 13.8 Å². The van der Waals surface area contributed by atoms with Crippen molar-refractivity contribution in [3.63, 3.8) is 0 Å². The van der Waals surface area contributed by atoms with Crippen molar-refractivity contribution in [2.45, 2.75) is 26.7 Å². The Balaban J connectivity index is 2.03. The predicted molar refractivity (Wildman–Crippen MR) is 89.3 cm³/mol. The fourth-order valence-electron chi connectivity index (χ4n) is 2.47. The maximum absolute atomic E-state index is 11.9. The van der Waals surface area contributed by atoms with E-state index in [0.29, 0.717) is 12.2 Å². The molecule has 2 N–H and O–H groups in total. The zero-order chi connectivity index (χ0) is 17.7. The van der Waals surface area contributed by atoms with Crippen molar-refractivity contribution in [2.24, 2.45) is 0 Å². The maximum atomic E-state index is 11.9. The Morgan fingerprint density at radius 1 is 1.38 bits per heavy atom. The molecule has 0 fully saturated rings. The van der Waals surface area contributed by atoms with Crippen LogP contribution in [0, 0.1) is 24.0 Å². The molecule has 1 heterocycles. The Kier molecular flexibility index (Phi) is 5.51. The van der Waals surface area contributed by atoms with Crippen molar-refractivity contribution >= 4 is 17.3 Å². The Morgan fingerprint density at radius 2 is 2.12 bits per heavy atom. The highest BCUT2D eigenvalue weighted by Gasteiger charge is 2.16. The van der Waals surface area contributed by atoms with E-state index in [1.165, 1.54) is 19.2 Å². The molecule has 0 saturated heterocycles. The second kappa shape index (κ2) is 7.58. The van der Waals surface area contributed by atoms with Crippen molar-refractivity contribution < 1.29 is 14.2 Å². The van der Waals surface area contributed by atoms with E-state index in [9.17, 15) is 14.9 Å². The zero-order valence-corrected chi connectivity index (χ0v) is 13.9. The van der Waals surface area contributed by atoms with Crippen molar-refractivity contribution in [3.05, 3.63) is 50.9 Å². The number of anilines is 1. The number of benzene rings is 1. The van der Waals surface area contributed by atoms with Gasteiger partial charge in [-0.05, 0) is 32.8 Å². The number of nitrogens with zero attached hydrogens (tertiary/aromatic N) is 2. The molecule has 128 valence electrons. The van der Waals surface area contributed by atoms with Crippen LogP contribution in [0.3, 0.4) is 0 Å². The second-order valence-corrected chi connectivity index (χ2v) is 5.40. The van der Waals surface area contributed by atoms with Gasteiger partial charge >= 0.3 is 0 Å². The summed E-state index contributed by atoms with van der Waals surface area (Å²) in [6, 6.07) is 4.21. The van der Waals surface area contributed by atoms with E-state index >= 15 is 0 Å². The van der Waals surface area contributed by atoms with Gasteiger partial charge in [0.1, 0.15) is 5.76 Å². The van der Waals surface area contributed by atoms with Crippen LogP contribution in [0.25, 0.3) is 0 Å². The van der Waals surface area contributed by atoms with Crippen molar-refractivity contribution in [2.75, 3.05) is 18.9 Å². The van der Waals surface area contributed by atoms with Gasteiger partial charge < -0.3 is 15.2 Å². The molecule has 24 heavy (non-hydrogen) atoms. The smallest absolute Gasteiger partial charge is 0.270 e. The molecule has 0 aliphatic rings. The third kappa shape index (κ3) is 3.89. The van der Waals surface area contributed by atoms with E-state index in [1.54, 1.807) is 6.07 Å². The number of carbonyl (C=O) groups is 1. The van der Waals surface area contributed by atoms with E-state index < -0.39 is 4.92 Å². The van der Waals surface area contributed by atoms with Gasteiger partial charge in [-0.25, -0.2) is 0 Å². The van der Waals surface area contributed by atoms with Crippen LogP contribution in [-0.4, -0.2) is 29.6 Å². The van der Waals surface area contributed by atoms with Crippen LogP contribution < -0.4 is 10.6 Å². The Hall–Kier alpha value is -2.90. The first-order chi connectivity index (χ1) is 11.4. The monoisotopic (exact) mass is 332 g/mol. The summed E-state index contributed by atoms with van der Waals surface area (Å²) in [5.74, 6) is 0.445. The number of nitro groups is 1.